The SMILES string of the molecule is CC1(C)Oc2ccc(C(=O)NCCc3ccccc3)cc2[C@@H](NS(=O)(=O)c2ccc(Cl)cc2Cl)[C@@H]1O. The van der Waals surface area contributed by atoms with Gasteiger partial charge < -0.3 is 15.2 Å². The number of carbonyl (C=O) groups is 1. The Balaban J connectivity index is 1.60. The first-order chi connectivity index (χ1) is 17.0. The molecule has 1 aliphatic rings. The van der Waals surface area contributed by atoms with Crippen molar-refractivity contribution in [3.05, 3.63) is 93.5 Å². The summed E-state index contributed by atoms with van der Waals surface area (Å²) in [7, 11) is -4.17. The summed E-state index contributed by atoms with van der Waals surface area (Å²) in [6.07, 6.45) is -0.597. The van der Waals surface area contributed by atoms with E-state index in [4.69, 9.17) is 27.9 Å². The highest BCUT2D eigenvalue weighted by Gasteiger charge is 2.45. The van der Waals surface area contributed by atoms with Crippen molar-refractivity contribution in [1.29, 1.82) is 0 Å². The van der Waals surface area contributed by atoms with Gasteiger partial charge in [-0.05, 0) is 62.2 Å². The summed E-state index contributed by atoms with van der Waals surface area (Å²) in [4.78, 5) is 12.7. The highest BCUT2D eigenvalue weighted by Crippen LogP contribution is 2.41. The predicted octanol–water partition coefficient (Wildman–Crippen LogP) is 4.52. The first kappa shape index (κ1) is 26.4. The summed E-state index contributed by atoms with van der Waals surface area (Å²) in [6, 6.07) is 17.4. The number of sulfonamides is 1. The molecule has 0 fully saturated rings. The van der Waals surface area contributed by atoms with E-state index in [1.165, 1.54) is 24.3 Å². The average Bonchev–Trinajstić information content (AvgIpc) is 2.82. The van der Waals surface area contributed by atoms with Crippen molar-refractivity contribution < 1.29 is 23.1 Å². The smallest absolute Gasteiger partial charge is 0.251 e. The number of carbonyl (C=O) groups excluding carboxylic acids is 1. The minimum atomic E-state index is -4.17. The number of ether oxygens (including phenoxy) is 1. The van der Waals surface area contributed by atoms with Gasteiger partial charge in [-0.3, -0.25) is 4.79 Å². The number of aliphatic hydroxyl groups is 1. The van der Waals surface area contributed by atoms with Gasteiger partial charge in [0.05, 0.1) is 11.1 Å². The van der Waals surface area contributed by atoms with Crippen LogP contribution in [-0.2, 0) is 16.4 Å². The molecular weight excluding hydrogens is 523 g/mol. The molecule has 190 valence electrons. The Morgan fingerprint density at radius 3 is 2.47 bits per heavy atom. The van der Waals surface area contributed by atoms with Crippen LogP contribution < -0.4 is 14.8 Å². The highest BCUT2D eigenvalue weighted by molar-refractivity contribution is 7.89. The fourth-order valence-corrected chi connectivity index (χ4v) is 6.05. The maximum absolute atomic E-state index is 13.2. The molecule has 7 nitrogen and oxygen atoms in total. The molecule has 36 heavy (non-hydrogen) atoms. The molecule has 0 saturated carbocycles. The quantitative estimate of drug-likeness (QED) is 0.402. The molecule has 4 rings (SSSR count). The number of benzene rings is 3. The van der Waals surface area contributed by atoms with Gasteiger partial charge in [0, 0.05) is 22.7 Å². The molecule has 0 unspecified atom stereocenters. The highest BCUT2D eigenvalue weighted by atomic mass is 35.5. The number of fused-ring (bicyclic) bond motifs is 1. The van der Waals surface area contributed by atoms with Gasteiger partial charge in [0.1, 0.15) is 22.4 Å². The molecule has 0 aromatic heterocycles. The van der Waals surface area contributed by atoms with Gasteiger partial charge >= 0.3 is 0 Å². The topological polar surface area (TPSA) is 105 Å². The van der Waals surface area contributed by atoms with E-state index in [1.54, 1.807) is 26.0 Å². The van der Waals surface area contributed by atoms with Crippen LogP contribution in [0.15, 0.2) is 71.6 Å². The van der Waals surface area contributed by atoms with E-state index in [0.29, 0.717) is 34.9 Å². The molecule has 1 aliphatic heterocycles. The first-order valence-corrected chi connectivity index (χ1v) is 13.5. The molecule has 0 bridgehead atoms. The zero-order valence-corrected chi connectivity index (χ0v) is 22.0. The second-order valence-electron chi connectivity index (χ2n) is 9.07. The van der Waals surface area contributed by atoms with Gasteiger partial charge in [-0.15, -0.1) is 0 Å². The maximum atomic E-state index is 13.2. The van der Waals surface area contributed by atoms with Crippen LogP contribution in [0.3, 0.4) is 0 Å². The molecule has 2 atom stereocenters. The molecular formula is C26H26Cl2N2O5S. The average molecular weight is 549 g/mol. The molecule has 1 amide bonds. The van der Waals surface area contributed by atoms with Crippen LogP contribution in [0.5, 0.6) is 5.75 Å². The third kappa shape index (κ3) is 5.68. The van der Waals surface area contributed by atoms with Crippen LogP contribution in [0.1, 0.15) is 41.4 Å². The zero-order valence-electron chi connectivity index (χ0n) is 19.7. The number of hydrogen-bond donors (Lipinski definition) is 3. The van der Waals surface area contributed by atoms with Gasteiger partial charge in [0.2, 0.25) is 10.0 Å². The van der Waals surface area contributed by atoms with E-state index in [0.717, 1.165) is 5.56 Å². The molecule has 0 aliphatic carbocycles. The molecule has 10 heteroatoms. The van der Waals surface area contributed by atoms with Crippen LogP contribution in [0.25, 0.3) is 0 Å². The molecule has 1 heterocycles. The summed E-state index contributed by atoms with van der Waals surface area (Å²) in [5, 5.41) is 14.2. The lowest BCUT2D eigenvalue weighted by Crippen LogP contribution is -2.53. The van der Waals surface area contributed by atoms with Crippen molar-refractivity contribution in [3.8, 4) is 5.75 Å². The Labute approximate surface area is 220 Å². The van der Waals surface area contributed by atoms with Crippen LogP contribution in [0.2, 0.25) is 10.0 Å². The lowest BCUT2D eigenvalue weighted by Gasteiger charge is -2.42. The largest absolute Gasteiger partial charge is 0.485 e. The van der Waals surface area contributed by atoms with Gasteiger partial charge in [-0.2, -0.15) is 0 Å². The van der Waals surface area contributed by atoms with Crippen molar-refractivity contribution in [2.45, 2.75) is 42.9 Å². The lowest BCUT2D eigenvalue weighted by molar-refractivity contribution is -0.0603. The Morgan fingerprint density at radius 2 is 1.78 bits per heavy atom. The van der Waals surface area contributed by atoms with Gasteiger partial charge in [0.15, 0.2) is 0 Å². The third-order valence-electron chi connectivity index (χ3n) is 6.02. The van der Waals surface area contributed by atoms with E-state index in [-0.39, 0.29) is 15.8 Å². The minimum Gasteiger partial charge on any atom is -0.485 e. The van der Waals surface area contributed by atoms with E-state index in [1.807, 2.05) is 30.3 Å². The summed E-state index contributed by atoms with van der Waals surface area (Å²) in [5.74, 6) is 0.0384. The Bertz CT molecular complexity index is 1380. The van der Waals surface area contributed by atoms with E-state index in [2.05, 4.69) is 10.0 Å². The van der Waals surface area contributed by atoms with Crippen LogP contribution >= 0.6 is 23.2 Å². The normalized spacial score (nSPS) is 18.7. The molecule has 0 radical (unpaired) electrons. The third-order valence-corrected chi connectivity index (χ3v) is 8.17. The van der Waals surface area contributed by atoms with Crippen LogP contribution in [0.4, 0.5) is 0 Å². The minimum absolute atomic E-state index is 0.0532. The second-order valence-corrected chi connectivity index (χ2v) is 11.6. The Kier molecular flexibility index (Phi) is 7.64. The molecule has 0 spiro atoms. The Morgan fingerprint density at radius 1 is 1.06 bits per heavy atom. The number of aliphatic hydroxyl groups excluding tert-OH is 1. The first-order valence-electron chi connectivity index (χ1n) is 11.3. The fourth-order valence-electron chi connectivity index (χ4n) is 4.06. The van der Waals surface area contributed by atoms with Gasteiger partial charge in [0.25, 0.3) is 5.91 Å². The van der Waals surface area contributed by atoms with Crippen molar-refractivity contribution in [3.63, 3.8) is 0 Å². The monoisotopic (exact) mass is 548 g/mol. The van der Waals surface area contributed by atoms with Gasteiger partial charge in [-0.1, -0.05) is 53.5 Å². The van der Waals surface area contributed by atoms with Crippen molar-refractivity contribution >= 4 is 39.1 Å². The maximum Gasteiger partial charge on any atom is 0.251 e. The molecule has 3 aromatic carbocycles. The summed E-state index contributed by atoms with van der Waals surface area (Å²) >= 11 is 12.1. The number of halogens is 2. The fraction of sp³-hybridized carbons (Fsp3) is 0.269. The van der Waals surface area contributed by atoms with E-state index in [9.17, 15) is 18.3 Å². The predicted molar refractivity (Wildman–Crippen MR) is 139 cm³/mol. The number of nitrogens with one attached hydrogen (secondary N) is 2. The number of hydrogen-bond acceptors (Lipinski definition) is 5. The Hall–Kier alpha value is -2.62. The van der Waals surface area contributed by atoms with Crippen molar-refractivity contribution in [1.82, 2.24) is 10.0 Å². The second kappa shape index (κ2) is 10.4. The van der Waals surface area contributed by atoms with E-state index < -0.39 is 27.8 Å². The van der Waals surface area contributed by atoms with Crippen LogP contribution in [0, 0.1) is 0 Å². The summed E-state index contributed by atoms with van der Waals surface area (Å²) < 4.78 is 34.9. The molecule has 3 N–H and O–H groups in total. The van der Waals surface area contributed by atoms with Gasteiger partial charge in [-0.25, -0.2) is 13.1 Å². The molecule has 0 saturated heterocycles. The zero-order chi connectivity index (χ0) is 26.1. The lowest BCUT2D eigenvalue weighted by atomic mass is 9.86. The number of amides is 1. The summed E-state index contributed by atoms with van der Waals surface area (Å²) in [5.41, 5.74) is 0.637. The molecule has 3 aromatic rings. The van der Waals surface area contributed by atoms with E-state index >= 15 is 0 Å². The van der Waals surface area contributed by atoms with Crippen molar-refractivity contribution in [2.24, 2.45) is 0 Å². The van der Waals surface area contributed by atoms with Crippen molar-refractivity contribution in [2.75, 3.05) is 6.54 Å². The number of rotatable bonds is 7. The summed E-state index contributed by atoms with van der Waals surface area (Å²) in [6.45, 7) is 3.74. The standard InChI is InChI=1S/C26H26Cl2N2O5S/c1-26(2)24(31)23(30-36(33,34)22-11-9-18(27)15-20(22)28)19-14-17(8-10-21(19)35-26)25(32)29-13-12-16-6-4-3-5-7-16/h3-11,14-15,23-24,30-31H,12-13H2,1-2H3,(H,29,32)/t23-,24+/m1/s1. The van der Waals surface area contributed by atoms with Crippen LogP contribution in [-0.4, -0.2) is 37.7 Å².